The Hall–Kier alpha value is -2.39. The van der Waals surface area contributed by atoms with Crippen LogP contribution in [0.3, 0.4) is 0 Å². The van der Waals surface area contributed by atoms with E-state index in [2.05, 4.69) is 5.32 Å². The van der Waals surface area contributed by atoms with Gasteiger partial charge in [-0.2, -0.15) is 0 Å². The second-order valence-electron chi connectivity index (χ2n) is 6.32. The summed E-state index contributed by atoms with van der Waals surface area (Å²) in [6.45, 7) is 3.60. The number of primary sulfonamides is 1. The van der Waals surface area contributed by atoms with Gasteiger partial charge in [-0.05, 0) is 42.2 Å². The molecule has 0 aliphatic heterocycles. The molecule has 2 aromatic rings. The van der Waals surface area contributed by atoms with Crippen molar-refractivity contribution in [1.82, 2.24) is 0 Å². The van der Waals surface area contributed by atoms with E-state index in [1.807, 2.05) is 6.92 Å². The number of benzene rings is 2. The normalized spacial score (nSPS) is 11.5. The second kappa shape index (κ2) is 8.74. The highest BCUT2D eigenvalue weighted by Gasteiger charge is 2.26. The minimum atomic E-state index is -4.21. The fourth-order valence-electron chi connectivity index (χ4n) is 2.95. The predicted molar refractivity (Wildman–Crippen MR) is 100 cm³/mol. The molecule has 1 amide bonds. The van der Waals surface area contributed by atoms with E-state index in [9.17, 15) is 22.0 Å². The largest absolute Gasteiger partial charge is 0.322 e. The molecule has 0 heterocycles. The molecule has 9 heteroatoms. The number of halogens is 3. The number of hydrogen-bond acceptors (Lipinski definition) is 3. The molecule has 2 aromatic carbocycles. The van der Waals surface area contributed by atoms with E-state index in [0.29, 0.717) is 12.8 Å². The van der Waals surface area contributed by atoms with Crippen molar-refractivity contribution in [3.8, 4) is 0 Å². The van der Waals surface area contributed by atoms with Crippen molar-refractivity contribution in [3.63, 3.8) is 0 Å². The fraction of sp³-hybridized carbons (Fsp3) is 0.316. The summed E-state index contributed by atoms with van der Waals surface area (Å²) in [5.74, 6) is -4.13. The summed E-state index contributed by atoms with van der Waals surface area (Å²) in [6, 6.07) is 3.55. The SMILES string of the molecule is CCCc1c(S(N)(=O)=O)cc(C(=O)Nc2ccc(F)c(F)c2)c(F)c1CCC. The first-order chi connectivity index (χ1) is 13.1. The first-order valence-electron chi connectivity index (χ1n) is 8.73. The van der Waals surface area contributed by atoms with Gasteiger partial charge in [0.15, 0.2) is 11.6 Å². The Morgan fingerprint density at radius 1 is 1.00 bits per heavy atom. The van der Waals surface area contributed by atoms with Crippen LogP contribution in [0, 0.1) is 17.5 Å². The van der Waals surface area contributed by atoms with Gasteiger partial charge in [0.1, 0.15) is 5.82 Å². The van der Waals surface area contributed by atoms with E-state index in [1.165, 1.54) is 0 Å². The van der Waals surface area contributed by atoms with E-state index < -0.39 is 38.9 Å². The molecular weight excluding hydrogens is 393 g/mol. The predicted octanol–water partition coefficient (Wildman–Crippen LogP) is 3.91. The third-order valence-electron chi connectivity index (χ3n) is 4.17. The van der Waals surface area contributed by atoms with Gasteiger partial charge in [0.05, 0.1) is 10.5 Å². The number of carbonyl (C=O) groups is 1. The Labute approximate surface area is 161 Å². The van der Waals surface area contributed by atoms with Crippen molar-refractivity contribution in [1.29, 1.82) is 0 Å². The molecule has 0 saturated carbocycles. The lowest BCUT2D eigenvalue weighted by atomic mass is 9.95. The maximum absolute atomic E-state index is 15.1. The summed E-state index contributed by atoms with van der Waals surface area (Å²) in [4.78, 5) is 12.2. The molecule has 28 heavy (non-hydrogen) atoms. The maximum Gasteiger partial charge on any atom is 0.258 e. The Morgan fingerprint density at radius 2 is 1.61 bits per heavy atom. The van der Waals surface area contributed by atoms with Gasteiger partial charge in [0, 0.05) is 11.8 Å². The third kappa shape index (κ3) is 4.71. The molecule has 0 aromatic heterocycles. The van der Waals surface area contributed by atoms with Gasteiger partial charge in [0.25, 0.3) is 5.91 Å². The van der Waals surface area contributed by atoms with Gasteiger partial charge < -0.3 is 5.32 Å². The van der Waals surface area contributed by atoms with E-state index in [4.69, 9.17) is 5.14 Å². The summed E-state index contributed by atoms with van der Waals surface area (Å²) in [5.41, 5.74) is -0.257. The zero-order valence-corrected chi connectivity index (χ0v) is 16.3. The van der Waals surface area contributed by atoms with Crippen molar-refractivity contribution in [2.75, 3.05) is 5.32 Å². The standard InChI is InChI=1S/C19H21F3N2O3S/c1-3-5-12-13(6-4-2)18(22)14(10-17(12)28(23,26)27)19(25)24-11-7-8-15(20)16(21)9-11/h7-10H,3-6H2,1-2H3,(H,24,25)(H2,23,26,27). The number of rotatable bonds is 7. The van der Waals surface area contributed by atoms with Crippen LogP contribution in [-0.2, 0) is 22.9 Å². The quantitative estimate of drug-likeness (QED) is 0.720. The van der Waals surface area contributed by atoms with Crippen LogP contribution in [0.25, 0.3) is 0 Å². The first kappa shape index (κ1) is 21.9. The van der Waals surface area contributed by atoms with E-state index in [0.717, 1.165) is 24.3 Å². The Bertz CT molecular complexity index is 1010. The lowest BCUT2D eigenvalue weighted by Crippen LogP contribution is -2.21. The van der Waals surface area contributed by atoms with Crippen LogP contribution in [-0.4, -0.2) is 14.3 Å². The smallest absolute Gasteiger partial charge is 0.258 e. The average molecular weight is 414 g/mol. The van der Waals surface area contributed by atoms with Crippen LogP contribution in [0.5, 0.6) is 0 Å². The Balaban J connectivity index is 2.60. The molecule has 5 nitrogen and oxygen atoms in total. The van der Waals surface area contributed by atoms with Gasteiger partial charge in [0.2, 0.25) is 10.0 Å². The molecule has 3 N–H and O–H groups in total. The van der Waals surface area contributed by atoms with Crippen molar-refractivity contribution >= 4 is 21.6 Å². The molecule has 0 aliphatic rings. The molecular formula is C19H21F3N2O3S. The number of nitrogens with two attached hydrogens (primary N) is 1. The lowest BCUT2D eigenvalue weighted by Gasteiger charge is -2.17. The molecule has 0 radical (unpaired) electrons. The van der Waals surface area contributed by atoms with Gasteiger partial charge >= 0.3 is 0 Å². The van der Waals surface area contributed by atoms with Crippen molar-refractivity contribution in [2.45, 2.75) is 44.4 Å². The Kier molecular flexibility index (Phi) is 6.84. The number of hydrogen-bond donors (Lipinski definition) is 2. The minimum Gasteiger partial charge on any atom is -0.322 e. The zero-order valence-electron chi connectivity index (χ0n) is 15.5. The fourth-order valence-corrected chi connectivity index (χ4v) is 3.80. The van der Waals surface area contributed by atoms with Crippen molar-refractivity contribution < 1.29 is 26.4 Å². The van der Waals surface area contributed by atoms with Crippen LogP contribution >= 0.6 is 0 Å². The molecule has 0 unspecified atom stereocenters. The first-order valence-corrected chi connectivity index (χ1v) is 10.3. The van der Waals surface area contributed by atoms with Crippen molar-refractivity contribution in [2.24, 2.45) is 5.14 Å². The summed E-state index contributed by atoms with van der Waals surface area (Å²) >= 11 is 0. The van der Waals surface area contributed by atoms with Gasteiger partial charge in [-0.1, -0.05) is 26.7 Å². The molecule has 0 aliphatic carbocycles. The third-order valence-corrected chi connectivity index (χ3v) is 5.14. The number of carbonyl (C=O) groups excluding carboxylic acids is 1. The molecule has 0 fully saturated rings. The highest BCUT2D eigenvalue weighted by molar-refractivity contribution is 7.89. The number of nitrogens with one attached hydrogen (secondary N) is 1. The topological polar surface area (TPSA) is 89.3 Å². The van der Waals surface area contributed by atoms with Crippen LogP contribution in [0.2, 0.25) is 0 Å². The number of anilines is 1. The second-order valence-corrected chi connectivity index (χ2v) is 7.85. The van der Waals surface area contributed by atoms with E-state index in [1.54, 1.807) is 6.92 Å². The summed E-state index contributed by atoms with van der Waals surface area (Å²) in [7, 11) is -4.21. The minimum absolute atomic E-state index is 0.102. The monoisotopic (exact) mass is 414 g/mol. The van der Waals surface area contributed by atoms with Crippen LogP contribution < -0.4 is 10.5 Å². The van der Waals surface area contributed by atoms with Crippen molar-refractivity contribution in [3.05, 3.63) is 58.4 Å². The number of sulfonamides is 1. The van der Waals surface area contributed by atoms with E-state index >= 15 is 4.39 Å². The summed E-state index contributed by atoms with van der Waals surface area (Å²) < 4.78 is 65.5. The molecule has 152 valence electrons. The number of amides is 1. The molecule has 0 spiro atoms. The average Bonchev–Trinajstić information content (AvgIpc) is 2.60. The van der Waals surface area contributed by atoms with Gasteiger partial charge in [-0.3, -0.25) is 4.79 Å². The van der Waals surface area contributed by atoms with Gasteiger partial charge in [-0.25, -0.2) is 26.7 Å². The highest BCUT2D eigenvalue weighted by Crippen LogP contribution is 2.28. The van der Waals surface area contributed by atoms with Crippen LogP contribution in [0.1, 0.15) is 48.2 Å². The molecule has 0 bridgehead atoms. The summed E-state index contributed by atoms with van der Waals surface area (Å²) in [6.07, 6.45) is 1.57. The highest BCUT2D eigenvalue weighted by atomic mass is 32.2. The van der Waals surface area contributed by atoms with Crippen LogP contribution in [0.4, 0.5) is 18.9 Å². The van der Waals surface area contributed by atoms with Gasteiger partial charge in [-0.15, -0.1) is 0 Å². The Morgan fingerprint density at radius 3 is 2.14 bits per heavy atom. The maximum atomic E-state index is 15.1. The summed E-state index contributed by atoms with van der Waals surface area (Å²) in [5, 5.41) is 7.53. The lowest BCUT2D eigenvalue weighted by molar-refractivity contribution is 0.102. The zero-order chi connectivity index (χ0) is 21.1. The molecule has 2 rings (SSSR count). The molecule has 0 atom stereocenters. The van der Waals surface area contributed by atoms with E-state index in [-0.39, 0.29) is 34.6 Å². The van der Waals surface area contributed by atoms with Crippen LogP contribution in [0.15, 0.2) is 29.2 Å². The molecule has 0 saturated heterocycles.